The maximum absolute atomic E-state index is 12.3. The molecule has 0 saturated heterocycles. The molecule has 126 valence electrons. The molecule has 2 N–H and O–H groups in total. The summed E-state index contributed by atoms with van der Waals surface area (Å²) < 4.78 is 16.2. The SMILES string of the molecule is COC[C@H](NC(=O)N[C@H](C)c1cc(C)oc1C)c1ccc(C)o1. The Kier molecular flexibility index (Phi) is 5.50. The normalized spacial score (nSPS) is 13.6. The van der Waals surface area contributed by atoms with E-state index in [1.807, 2.05) is 45.9 Å². The van der Waals surface area contributed by atoms with E-state index in [0.717, 1.165) is 22.8 Å². The molecule has 0 aliphatic rings. The van der Waals surface area contributed by atoms with Crippen LogP contribution in [0.1, 0.15) is 47.6 Å². The van der Waals surface area contributed by atoms with Gasteiger partial charge in [-0.15, -0.1) is 0 Å². The van der Waals surface area contributed by atoms with E-state index >= 15 is 0 Å². The summed E-state index contributed by atoms with van der Waals surface area (Å²) in [5, 5.41) is 5.78. The molecule has 0 aliphatic carbocycles. The van der Waals surface area contributed by atoms with Crippen molar-refractivity contribution in [3.8, 4) is 0 Å². The monoisotopic (exact) mass is 320 g/mol. The second kappa shape index (κ2) is 7.37. The highest BCUT2D eigenvalue weighted by Crippen LogP contribution is 2.21. The number of urea groups is 1. The zero-order chi connectivity index (χ0) is 17.0. The fourth-order valence-electron chi connectivity index (χ4n) is 2.56. The summed E-state index contributed by atoms with van der Waals surface area (Å²) in [6.45, 7) is 7.88. The van der Waals surface area contributed by atoms with Crippen LogP contribution >= 0.6 is 0 Å². The van der Waals surface area contributed by atoms with Gasteiger partial charge in [0.25, 0.3) is 0 Å². The first-order chi connectivity index (χ1) is 10.9. The number of ether oxygens (including phenoxy) is 1. The molecule has 0 unspecified atom stereocenters. The summed E-state index contributed by atoms with van der Waals surface area (Å²) in [6.07, 6.45) is 0. The Morgan fingerprint density at radius 2 is 1.91 bits per heavy atom. The van der Waals surface area contributed by atoms with Crippen molar-refractivity contribution >= 4 is 6.03 Å². The van der Waals surface area contributed by atoms with Gasteiger partial charge >= 0.3 is 6.03 Å². The Bertz CT molecular complexity index is 659. The molecule has 2 amide bonds. The molecule has 0 bridgehead atoms. The van der Waals surface area contributed by atoms with Gasteiger partial charge in [-0.1, -0.05) is 0 Å². The molecule has 2 rings (SSSR count). The number of methoxy groups -OCH3 is 1. The van der Waals surface area contributed by atoms with Gasteiger partial charge in [0.2, 0.25) is 0 Å². The minimum atomic E-state index is -0.340. The van der Waals surface area contributed by atoms with Crippen LogP contribution in [0.4, 0.5) is 4.79 Å². The standard InChI is InChI=1S/C17H24N2O4/c1-10-6-7-16(23-10)15(9-21-5)19-17(20)18-12(3)14-8-11(2)22-13(14)4/h6-8,12,15H,9H2,1-5H3,(H2,18,19,20)/t12-,15+/m1/s1. The molecule has 6 nitrogen and oxygen atoms in total. The molecule has 0 spiro atoms. The van der Waals surface area contributed by atoms with E-state index < -0.39 is 0 Å². The van der Waals surface area contributed by atoms with Crippen LogP contribution in [0.2, 0.25) is 0 Å². The number of hydrogen-bond acceptors (Lipinski definition) is 4. The first-order valence-electron chi connectivity index (χ1n) is 7.60. The van der Waals surface area contributed by atoms with Crippen LogP contribution < -0.4 is 10.6 Å². The second-order valence-corrected chi connectivity index (χ2v) is 5.66. The van der Waals surface area contributed by atoms with Crippen LogP contribution in [-0.2, 0) is 4.74 Å². The van der Waals surface area contributed by atoms with Gasteiger partial charge in [-0.3, -0.25) is 0 Å². The molecule has 6 heteroatoms. The Morgan fingerprint density at radius 3 is 2.43 bits per heavy atom. The van der Waals surface area contributed by atoms with Crippen molar-refractivity contribution in [3.63, 3.8) is 0 Å². The minimum Gasteiger partial charge on any atom is -0.466 e. The lowest BCUT2D eigenvalue weighted by Gasteiger charge is -2.19. The highest BCUT2D eigenvalue weighted by atomic mass is 16.5. The number of furan rings is 2. The van der Waals surface area contributed by atoms with Gasteiger partial charge in [0.1, 0.15) is 29.1 Å². The second-order valence-electron chi connectivity index (χ2n) is 5.66. The molecule has 0 radical (unpaired) electrons. The molecule has 2 aromatic rings. The molecule has 0 fully saturated rings. The van der Waals surface area contributed by atoms with Crippen LogP contribution in [0.15, 0.2) is 27.0 Å². The predicted octanol–water partition coefficient (Wildman–Crippen LogP) is 3.55. The van der Waals surface area contributed by atoms with Gasteiger partial charge in [0, 0.05) is 12.7 Å². The Labute approximate surface area is 136 Å². The van der Waals surface area contributed by atoms with Crippen LogP contribution in [0.3, 0.4) is 0 Å². The van der Waals surface area contributed by atoms with E-state index in [0.29, 0.717) is 12.4 Å². The third-order valence-electron chi connectivity index (χ3n) is 3.64. The van der Waals surface area contributed by atoms with Gasteiger partial charge in [0.05, 0.1) is 12.6 Å². The Morgan fingerprint density at radius 1 is 1.17 bits per heavy atom. The third-order valence-corrected chi connectivity index (χ3v) is 3.64. The fraction of sp³-hybridized carbons (Fsp3) is 0.471. The number of hydrogen-bond donors (Lipinski definition) is 2. The number of nitrogens with one attached hydrogen (secondary N) is 2. The van der Waals surface area contributed by atoms with Crippen molar-refractivity contribution in [2.75, 3.05) is 13.7 Å². The van der Waals surface area contributed by atoms with Crippen molar-refractivity contribution in [1.82, 2.24) is 10.6 Å². The summed E-state index contributed by atoms with van der Waals surface area (Å²) in [6, 6.07) is 4.85. The zero-order valence-electron chi connectivity index (χ0n) is 14.2. The Hall–Kier alpha value is -2.21. The van der Waals surface area contributed by atoms with Crippen LogP contribution in [0.5, 0.6) is 0 Å². The summed E-state index contributed by atoms with van der Waals surface area (Å²) in [4.78, 5) is 12.3. The van der Waals surface area contributed by atoms with E-state index in [-0.39, 0.29) is 18.1 Å². The lowest BCUT2D eigenvalue weighted by Crippen LogP contribution is -2.40. The van der Waals surface area contributed by atoms with Gasteiger partial charge in [-0.05, 0) is 45.9 Å². The minimum absolute atomic E-state index is 0.158. The van der Waals surface area contributed by atoms with Crippen molar-refractivity contribution < 1.29 is 18.4 Å². The molecule has 2 atom stereocenters. The number of rotatable bonds is 6. The van der Waals surface area contributed by atoms with Gasteiger partial charge in [0.15, 0.2) is 0 Å². The van der Waals surface area contributed by atoms with Gasteiger partial charge < -0.3 is 24.2 Å². The summed E-state index contributed by atoms with van der Waals surface area (Å²) >= 11 is 0. The summed E-state index contributed by atoms with van der Waals surface area (Å²) in [5.41, 5.74) is 0.967. The molecule has 2 aromatic heterocycles. The maximum Gasteiger partial charge on any atom is 0.315 e. The molecule has 0 aliphatic heterocycles. The van der Waals surface area contributed by atoms with Crippen molar-refractivity contribution in [3.05, 3.63) is 46.8 Å². The largest absolute Gasteiger partial charge is 0.466 e. The molecule has 0 aromatic carbocycles. The summed E-state index contributed by atoms with van der Waals surface area (Å²) in [5.74, 6) is 3.10. The maximum atomic E-state index is 12.3. The highest BCUT2D eigenvalue weighted by molar-refractivity contribution is 5.75. The topological polar surface area (TPSA) is 76.6 Å². The van der Waals surface area contributed by atoms with E-state index in [1.165, 1.54) is 0 Å². The lowest BCUT2D eigenvalue weighted by atomic mass is 10.1. The molecule has 2 heterocycles. The lowest BCUT2D eigenvalue weighted by molar-refractivity contribution is 0.156. The van der Waals surface area contributed by atoms with Crippen LogP contribution in [-0.4, -0.2) is 19.7 Å². The average Bonchev–Trinajstić information content (AvgIpc) is 3.04. The van der Waals surface area contributed by atoms with Crippen molar-refractivity contribution in [2.45, 2.75) is 39.8 Å². The quantitative estimate of drug-likeness (QED) is 0.853. The smallest absolute Gasteiger partial charge is 0.315 e. The number of aryl methyl sites for hydroxylation is 3. The zero-order valence-corrected chi connectivity index (χ0v) is 14.2. The molecular weight excluding hydrogens is 296 g/mol. The summed E-state index contributed by atoms with van der Waals surface area (Å²) in [7, 11) is 1.59. The number of amides is 2. The van der Waals surface area contributed by atoms with Gasteiger partial charge in [-0.25, -0.2) is 4.79 Å². The average molecular weight is 320 g/mol. The molecule has 0 saturated carbocycles. The van der Waals surface area contributed by atoms with Crippen molar-refractivity contribution in [1.29, 1.82) is 0 Å². The fourth-order valence-corrected chi connectivity index (χ4v) is 2.56. The Balaban J connectivity index is 2.00. The van der Waals surface area contributed by atoms with E-state index in [9.17, 15) is 4.79 Å². The third kappa shape index (κ3) is 4.39. The molecular formula is C17H24N2O4. The highest BCUT2D eigenvalue weighted by Gasteiger charge is 2.20. The first kappa shape index (κ1) is 17.1. The van der Waals surface area contributed by atoms with E-state index in [2.05, 4.69) is 10.6 Å². The first-order valence-corrected chi connectivity index (χ1v) is 7.60. The predicted molar refractivity (Wildman–Crippen MR) is 86.3 cm³/mol. The van der Waals surface area contributed by atoms with Crippen LogP contribution in [0, 0.1) is 20.8 Å². The van der Waals surface area contributed by atoms with E-state index in [4.69, 9.17) is 13.6 Å². The van der Waals surface area contributed by atoms with E-state index in [1.54, 1.807) is 7.11 Å². The number of carbonyl (C=O) groups excluding carboxylic acids is 1. The van der Waals surface area contributed by atoms with Crippen molar-refractivity contribution in [2.24, 2.45) is 0 Å². The van der Waals surface area contributed by atoms with Gasteiger partial charge in [-0.2, -0.15) is 0 Å². The van der Waals surface area contributed by atoms with Crippen LogP contribution in [0.25, 0.3) is 0 Å². The number of carbonyl (C=O) groups is 1. The molecule has 23 heavy (non-hydrogen) atoms.